The number of hydrogen-bond acceptors (Lipinski definition) is 2. The molecule has 0 saturated carbocycles. The van der Waals surface area contributed by atoms with Crippen molar-refractivity contribution in [3.63, 3.8) is 0 Å². The monoisotopic (exact) mass is 223 g/mol. The van der Waals surface area contributed by atoms with E-state index in [9.17, 15) is 18.0 Å². The molecule has 0 aliphatic heterocycles. The van der Waals surface area contributed by atoms with Crippen molar-refractivity contribution in [3.05, 3.63) is 28.8 Å². The summed E-state index contributed by atoms with van der Waals surface area (Å²) in [5.41, 5.74) is -1.42. The summed E-state index contributed by atoms with van der Waals surface area (Å²) in [4.78, 5) is 13.9. The summed E-state index contributed by atoms with van der Waals surface area (Å²) in [7, 11) is 0. The first-order valence-corrected chi connectivity index (χ1v) is 3.96. The highest BCUT2D eigenvalue weighted by Gasteiger charge is 2.22. The number of nitrogens with zero attached hydrogens (tertiary/aromatic N) is 1. The van der Waals surface area contributed by atoms with Crippen LogP contribution in [0.1, 0.15) is 27.9 Å². The van der Waals surface area contributed by atoms with E-state index in [2.05, 4.69) is 4.98 Å². The highest BCUT2D eigenvalue weighted by atomic mass is 35.5. The Labute approximate surface area is 82.7 Å². The van der Waals surface area contributed by atoms with Crippen molar-refractivity contribution in [3.8, 4) is 0 Å². The lowest BCUT2D eigenvalue weighted by molar-refractivity contribution is 0.106. The fourth-order valence-corrected chi connectivity index (χ4v) is 1.28. The molecule has 0 unspecified atom stereocenters. The molecule has 0 bridgehead atoms. The molecule has 0 aliphatic rings. The first kappa shape index (κ1) is 11.0. The number of carbonyl (C=O) groups excluding carboxylic acids is 1. The zero-order chi connectivity index (χ0) is 10.9. The number of hydrogen-bond donors (Lipinski definition) is 0. The van der Waals surface area contributed by atoms with Crippen LogP contribution in [0.2, 0.25) is 0 Å². The summed E-state index contributed by atoms with van der Waals surface area (Å²) in [6.45, 7) is 1.17. The Bertz CT molecular complexity index is 381. The van der Waals surface area contributed by atoms with Crippen LogP contribution in [0.25, 0.3) is 0 Å². The first-order chi connectivity index (χ1) is 6.45. The molecule has 76 valence electrons. The van der Waals surface area contributed by atoms with E-state index in [0.29, 0.717) is 6.20 Å². The van der Waals surface area contributed by atoms with E-state index in [1.807, 2.05) is 0 Å². The number of alkyl halides is 2. The fourth-order valence-electron chi connectivity index (χ4n) is 1.03. The average molecular weight is 224 g/mol. The van der Waals surface area contributed by atoms with Crippen molar-refractivity contribution in [2.75, 3.05) is 0 Å². The van der Waals surface area contributed by atoms with Gasteiger partial charge in [-0.2, -0.15) is 4.39 Å². The second-order valence-corrected chi connectivity index (χ2v) is 2.92. The number of pyridine rings is 1. The van der Waals surface area contributed by atoms with Gasteiger partial charge in [0.1, 0.15) is 0 Å². The van der Waals surface area contributed by atoms with E-state index in [4.69, 9.17) is 11.6 Å². The molecule has 1 rings (SSSR count). The molecule has 0 N–H and O–H groups in total. The van der Waals surface area contributed by atoms with E-state index < -0.39 is 28.7 Å². The summed E-state index contributed by atoms with van der Waals surface area (Å²) >= 11 is 5.06. The van der Waals surface area contributed by atoms with Gasteiger partial charge in [-0.1, -0.05) is 0 Å². The Kier molecular flexibility index (Phi) is 3.10. The molecule has 0 fully saturated rings. The molecular weight excluding hydrogens is 219 g/mol. The lowest BCUT2D eigenvalue weighted by atomic mass is 10.1. The van der Waals surface area contributed by atoms with Crippen LogP contribution in [0.5, 0.6) is 0 Å². The van der Waals surface area contributed by atoms with Crippen molar-refractivity contribution in [1.82, 2.24) is 4.98 Å². The zero-order valence-electron chi connectivity index (χ0n) is 7.02. The minimum atomic E-state index is -2.90. The average Bonchev–Trinajstić information content (AvgIpc) is 2.08. The molecule has 14 heavy (non-hydrogen) atoms. The van der Waals surface area contributed by atoms with Crippen LogP contribution >= 0.6 is 11.6 Å². The zero-order valence-corrected chi connectivity index (χ0v) is 7.78. The van der Waals surface area contributed by atoms with Crippen LogP contribution in [-0.2, 0) is 0 Å². The summed E-state index contributed by atoms with van der Waals surface area (Å²) in [6, 6.07) is 0. The number of carbonyl (C=O) groups is 1. The number of rotatable bonds is 2. The minimum Gasteiger partial charge on any atom is -0.276 e. The van der Waals surface area contributed by atoms with E-state index in [-0.39, 0.29) is 5.56 Å². The van der Waals surface area contributed by atoms with Crippen LogP contribution in [0, 0.1) is 12.9 Å². The van der Waals surface area contributed by atoms with Crippen LogP contribution < -0.4 is 0 Å². The molecule has 0 atom stereocenters. The molecule has 0 aliphatic carbocycles. The van der Waals surface area contributed by atoms with Gasteiger partial charge in [-0.15, -0.1) is 0 Å². The van der Waals surface area contributed by atoms with Crippen molar-refractivity contribution in [1.29, 1.82) is 0 Å². The third-order valence-electron chi connectivity index (χ3n) is 1.72. The van der Waals surface area contributed by atoms with E-state index >= 15 is 0 Å². The van der Waals surface area contributed by atoms with Gasteiger partial charge in [-0.3, -0.25) is 4.79 Å². The molecule has 0 aromatic carbocycles. The molecule has 2 nitrogen and oxygen atoms in total. The molecule has 0 saturated heterocycles. The number of aromatic nitrogens is 1. The second-order valence-electron chi connectivity index (χ2n) is 2.58. The Morgan fingerprint density at radius 1 is 1.57 bits per heavy atom. The maximum absolute atomic E-state index is 12.8. The normalized spacial score (nSPS) is 10.7. The SMILES string of the molecule is Cc1c(F)ncc(C(F)F)c1C(=O)Cl. The topological polar surface area (TPSA) is 30.0 Å². The van der Waals surface area contributed by atoms with Crippen LogP contribution in [0.15, 0.2) is 6.20 Å². The largest absolute Gasteiger partial charge is 0.276 e. The third-order valence-corrected chi connectivity index (χ3v) is 1.91. The van der Waals surface area contributed by atoms with Gasteiger partial charge in [0.15, 0.2) is 0 Å². The van der Waals surface area contributed by atoms with Gasteiger partial charge >= 0.3 is 0 Å². The Hall–Kier alpha value is -1.10. The smallest absolute Gasteiger partial charge is 0.266 e. The quantitative estimate of drug-likeness (QED) is 0.570. The maximum Gasteiger partial charge on any atom is 0.266 e. The van der Waals surface area contributed by atoms with Gasteiger partial charge in [0.05, 0.1) is 5.56 Å². The highest BCUT2D eigenvalue weighted by Crippen LogP contribution is 2.26. The summed E-state index contributed by atoms with van der Waals surface area (Å²) in [5.74, 6) is -0.974. The maximum atomic E-state index is 12.8. The van der Waals surface area contributed by atoms with Gasteiger partial charge in [-0.25, -0.2) is 13.8 Å². The summed E-state index contributed by atoms with van der Waals surface area (Å²) < 4.78 is 37.5. The van der Waals surface area contributed by atoms with Gasteiger partial charge in [0, 0.05) is 17.3 Å². The fraction of sp³-hybridized carbons (Fsp3) is 0.250. The van der Waals surface area contributed by atoms with E-state index in [1.165, 1.54) is 6.92 Å². The van der Waals surface area contributed by atoms with Crippen molar-refractivity contribution in [2.45, 2.75) is 13.3 Å². The molecule has 0 radical (unpaired) electrons. The van der Waals surface area contributed by atoms with Crippen LogP contribution in [0.3, 0.4) is 0 Å². The number of halogens is 4. The van der Waals surface area contributed by atoms with Crippen LogP contribution in [-0.4, -0.2) is 10.2 Å². The second kappa shape index (κ2) is 3.96. The Morgan fingerprint density at radius 2 is 2.14 bits per heavy atom. The van der Waals surface area contributed by atoms with Crippen molar-refractivity contribution < 1.29 is 18.0 Å². The van der Waals surface area contributed by atoms with Gasteiger partial charge in [-0.05, 0) is 18.5 Å². The predicted molar refractivity (Wildman–Crippen MR) is 44.1 cm³/mol. The molecule has 1 aromatic rings. The lowest BCUT2D eigenvalue weighted by Gasteiger charge is -2.07. The molecule has 1 aromatic heterocycles. The van der Waals surface area contributed by atoms with Gasteiger partial charge < -0.3 is 0 Å². The van der Waals surface area contributed by atoms with Crippen molar-refractivity contribution in [2.24, 2.45) is 0 Å². The van der Waals surface area contributed by atoms with E-state index in [1.54, 1.807) is 0 Å². The summed E-state index contributed by atoms with van der Waals surface area (Å²) in [6.07, 6.45) is -2.29. The molecule has 6 heteroatoms. The minimum absolute atomic E-state index is 0.261. The molecule has 0 amide bonds. The highest BCUT2D eigenvalue weighted by molar-refractivity contribution is 6.68. The summed E-state index contributed by atoms with van der Waals surface area (Å²) in [5, 5.41) is -1.11. The van der Waals surface area contributed by atoms with Gasteiger partial charge in [0.2, 0.25) is 5.95 Å². The first-order valence-electron chi connectivity index (χ1n) is 3.58. The Morgan fingerprint density at radius 3 is 2.57 bits per heavy atom. The lowest BCUT2D eigenvalue weighted by Crippen LogP contribution is -2.05. The van der Waals surface area contributed by atoms with Crippen LogP contribution in [0.4, 0.5) is 13.2 Å². The standard InChI is InChI=1S/C8H5ClF3NO/c1-3-5(6(9)14)4(7(10)11)2-13-8(3)12/h2,7H,1H3. The molecule has 1 heterocycles. The van der Waals surface area contributed by atoms with Crippen molar-refractivity contribution >= 4 is 16.8 Å². The Balaban J connectivity index is 3.45. The van der Waals surface area contributed by atoms with E-state index in [0.717, 1.165) is 0 Å². The predicted octanol–water partition coefficient (Wildman–Crippen LogP) is 2.85. The molecule has 0 spiro atoms. The molecular formula is C8H5ClF3NO. The van der Waals surface area contributed by atoms with Gasteiger partial charge in [0.25, 0.3) is 11.7 Å². The third kappa shape index (κ3) is 1.87.